The summed E-state index contributed by atoms with van der Waals surface area (Å²) in [6, 6.07) is 10.5. The molecule has 0 aromatic heterocycles. The van der Waals surface area contributed by atoms with Gasteiger partial charge in [0.1, 0.15) is 5.75 Å². The van der Waals surface area contributed by atoms with Gasteiger partial charge in [0.05, 0.1) is 21.3 Å². The first-order chi connectivity index (χ1) is 10.9. The molecule has 0 unspecified atom stereocenters. The molecule has 0 saturated heterocycles. The summed E-state index contributed by atoms with van der Waals surface area (Å²) >= 11 is 11.8. The molecule has 2 aromatic rings. The van der Waals surface area contributed by atoms with Crippen molar-refractivity contribution >= 4 is 40.8 Å². The third kappa shape index (κ3) is 4.37. The van der Waals surface area contributed by atoms with E-state index in [2.05, 4.69) is 5.32 Å². The van der Waals surface area contributed by atoms with Crippen molar-refractivity contribution in [2.45, 2.75) is 13.0 Å². The van der Waals surface area contributed by atoms with Crippen molar-refractivity contribution in [1.29, 1.82) is 0 Å². The number of hydrogen-bond acceptors (Lipinski definition) is 4. The smallest absolute Gasteiger partial charge is 0.339 e. The van der Waals surface area contributed by atoms with Gasteiger partial charge in [-0.05, 0) is 37.3 Å². The number of nitrogens with one attached hydrogen (secondary N) is 1. The van der Waals surface area contributed by atoms with Crippen LogP contribution in [0.3, 0.4) is 0 Å². The van der Waals surface area contributed by atoms with Crippen molar-refractivity contribution in [3.8, 4) is 5.75 Å². The maximum atomic E-state index is 12.1. The first-order valence-electron chi connectivity index (χ1n) is 6.63. The number of carbonyl (C=O) groups is 2. The number of phenolic OH excluding ortho intramolecular Hbond substituents is 1. The van der Waals surface area contributed by atoms with Gasteiger partial charge in [-0.25, -0.2) is 4.79 Å². The van der Waals surface area contributed by atoms with E-state index in [1.54, 1.807) is 18.2 Å². The largest absolute Gasteiger partial charge is 0.508 e. The van der Waals surface area contributed by atoms with Gasteiger partial charge < -0.3 is 15.2 Å². The number of amides is 1. The van der Waals surface area contributed by atoms with Gasteiger partial charge in [0, 0.05) is 0 Å². The van der Waals surface area contributed by atoms with E-state index in [4.69, 9.17) is 27.9 Å². The number of ether oxygens (including phenoxy) is 1. The second-order valence-corrected chi connectivity index (χ2v) is 5.47. The molecule has 0 aliphatic rings. The summed E-state index contributed by atoms with van der Waals surface area (Å²) in [5, 5.41) is 12.4. The molecule has 23 heavy (non-hydrogen) atoms. The van der Waals surface area contributed by atoms with Crippen LogP contribution in [0.15, 0.2) is 42.5 Å². The predicted molar refractivity (Wildman–Crippen MR) is 88.1 cm³/mol. The van der Waals surface area contributed by atoms with E-state index < -0.39 is 18.0 Å². The fraction of sp³-hybridized carbons (Fsp3) is 0.125. The lowest BCUT2D eigenvalue weighted by molar-refractivity contribution is -0.123. The molecule has 0 fully saturated rings. The number of hydrogen-bond donors (Lipinski definition) is 2. The van der Waals surface area contributed by atoms with E-state index in [0.717, 1.165) is 0 Å². The lowest BCUT2D eigenvalue weighted by Gasteiger charge is -2.14. The molecule has 0 heterocycles. The average Bonchev–Trinajstić information content (AvgIpc) is 2.51. The van der Waals surface area contributed by atoms with Crippen molar-refractivity contribution in [3.63, 3.8) is 0 Å². The van der Waals surface area contributed by atoms with Crippen LogP contribution in [0.2, 0.25) is 10.0 Å². The molecule has 0 aliphatic carbocycles. The van der Waals surface area contributed by atoms with Gasteiger partial charge in [-0.2, -0.15) is 0 Å². The van der Waals surface area contributed by atoms with E-state index >= 15 is 0 Å². The van der Waals surface area contributed by atoms with Gasteiger partial charge >= 0.3 is 5.97 Å². The Morgan fingerprint density at radius 2 is 1.87 bits per heavy atom. The standard InChI is InChI=1S/C16H13Cl2NO4/c1-9(23-16(22)10-4-2-5-11(20)8-10)15(21)19-13-7-3-6-12(17)14(13)18/h2-9,20H,1H3,(H,19,21)/t9-/m1/s1. The summed E-state index contributed by atoms with van der Waals surface area (Å²) in [5.41, 5.74) is 0.467. The summed E-state index contributed by atoms with van der Waals surface area (Å²) < 4.78 is 5.06. The zero-order valence-electron chi connectivity index (χ0n) is 12.0. The minimum atomic E-state index is -1.06. The van der Waals surface area contributed by atoms with Gasteiger partial charge in [0.15, 0.2) is 6.10 Å². The summed E-state index contributed by atoms with van der Waals surface area (Å²) in [6.45, 7) is 1.43. The normalized spacial score (nSPS) is 11.6. The van der Waals surface area contributed by atoms with E-state index in [1.165, 1.54) is 31.2 Å². The van der Waals surface area contributed by atoms with E-state index in [9.17, 15) is 14.7 Å². The van der Waals surface area contributed by atoms with Crippen molar-refractivity contribution < 1.29 is 19.4 Å². The molecule has 2 aromatic carbocycles. The highest BCUT2D eigenvalue weighted by molar-refractivity contribution is 6.44. The van der Waals surface area contributed by atoms with Crippen LogP contribution in [0, 0.1) is 0 Å². The summed E-state index contributed by atoms with van der Waals surface area (Å²) in [7, 11) is 0. The Balaban J connectivity index is 2.02. The topological polar surface area (TPSA) is 75.6 Å². The highest BCUT2D eigenvalue weighted by atomic mass is 35.5. The molecular formula is C16H13Cl2NO4. The minimum absolute atomic E-state index is 0.0673. The first-order valence-corrected chi connectivity index (χ1v) is 7.39. The third-order valence-corrected chi connectivity index (χ3v) is 3.76. The van der Waals surface area contributed by atoms with Crippen LogP contribution in [0.25, 0.3) is 0 Å². The molecule has 0 saturated carbocycles. The van der Waals surface area contributed by atoms with Crippen molar-refractivity contribution in [2.75, 3.05) is 5.32 Å². The number of aromatic hydroxyl groups is 1. The lowest BCUT2D eigenvalue weighted by atomic mass is 10.2. The number of rotatable bonds is 4. The molecule has 7 heteroatoms. The van der Waals surface area contributed by atoms with Crippen LogP contribution >= 0.6 is 23.2 Å². The molecule has 0 spiro atoms. The molecular weight excluding hydrogens is 341 g/mol. The predicted octanol–water partition coefficient (Wildman–Crippen LogP) is 3.88. The zero-order valence-corrected chi connectivity index (χ0v) is 13.6. The zero-order chi connectivity index (χ0) is 17.0. The van der Waals surface area contributed by atoms with Gasteiger partial charge in [0.2, 0.25) is 0 Å². The molecule has 2 rings (SSSR count). The fourth-order valence-electron chi connectivity index (χ4n) is 1.75. The third-order valence-electron chi connectivity index (χ3n) is 2.94. The highest BCUT2D eigenvalue weighted by Gasteiger charge is 2.20. The highest BCUT2D eigenvalue weighted by Crippen LogP contribution is 2.29. The average molecular weight is 354 g/mol. The summed E-state index contributed by atoms with van der Waals surface area (Å²) in [5.74, 6) is -1.34. The molecule has 120 valence electrons. The lowest BCUT2D eigenvalue weighted by Crippen LogP contribution is -2.30. The number of halogens is 2. The molecule has 2 N–H and O–H groups in total. The van der Waals surface area contributed by atoms with E-state index in [1.807, 2.05) is 0 Å². The van der Waals surface area contributed by atoms with Crippen LogP contribution < -0.4 is 5.32 Å². The molecule has 1 atom stereocenters. The number of anilines is 1. The number of esters is 1. The fourth-order valence-corrected chi connectivity index (χ4v) is 2.10. The number of benzene rings is 2. The first kappa shape index (κ1) is 17.1. The Morgan fingerprint density at radius 3 is 2.57 bits per heavy atom. The number of phenols is 1. The van der Waals surface area contributed by atoms with Gasteiger partial charge in [-0.3, -0.25) is 4.79 Å². The Morgan fingerprint density at radius 1 is 1.17 bits per heavy atom. The van der Waals surface area contributed by atoms with Gasteiger partial charge in [-0.1, -0.05) is 35.3 Å². The maximum Gasteiger partial charge on any atom is 0.339 e. The Bertz CT molecular complexity index is 749. The summed E-state index contributed by atoms with van der Waals surface area (Å²) in [6.07, 6.45) is -1.06. The monoisotopic (exact) mass is 353 g/mol. The van der Waals surface area contributed by atoms with Crippen molar-refractivity contribution in [3.05, 3.63) is 58.1 Å². The quantitative estimate of drug-likeness (QED) is 0.817. The molecule has 0 radical (unpaired) electrons. The second kappa shape index (κ2) is 7.35. The Kier molecular flexibility index (Phi) is 5.47. The van der Waals surface area contributed by atoms with Crippen LogP contribution in [0.4, 0.5) is 5.69 Å². The van der Waals surface area contributed by atoms with Crippen molar-refractivity contribution in [2.24, 2.45) is 0 Å². The van der Waals surface area contributed by atoms with Crippen LogP contribution in [0.1, 0.15) is 17.3 Å². The Hall–Kier alpha value is -2.24. The Labute approximate surface area is 142 Å². The SMILES string of the molecule is C[C@@H](OC(=O)c1cccc(O)c1)C(=O)Nc1cccc(Cl)c1Cl. The molecule has 0 bridgehead atoms. The minimum Gasteiger partial charge on any atom is -0.508 e. The second-order valence-electron chi connectivity index (χ2n) is 4.69. The van der Waals surface area contributed by atoms with Crippen molar-refractivity contribution in [1.82, 2.24) is 0 Å². The molecule has 1 amide bonds. The summed E-state index contributed by atoms with van der Waals surface area (Å²) in [4.78, 5) is 24.0. The van der Waals surface area contributed by atoms with Gasteiger partial charge in [0.25, 0.3) is 5.91 Å². The van der Waals surface area contributed by atoms with Gasteiger partial charge in [-0.15, -0.1) is 0 Å². The van der Waals surface area contributed by atoms with Crippen LogP contribution in [-0.2, 0) is 9.53 Å². The molecule has 0 aliphatic heterocycles. The maximum absolute atomic E-state index is 12.1. The van der Waals surface area contributed by atoms with Crippen LogP contribution in [-0.4, -0.2) is 23.1 Å². The van der Waals surface area contributed by atoms with E-state index in [0.29, 0.717) is 10.7 Å². The van der Waals surface area contributed by atoms with Crippen LogP contribution in [0.5, 0.6) is 5.75 Å². The molecule has 5 nitrogen and oxygen atoms in total. The number of carbonyl (C=O) groups excluding carboxylic acids is 2. The van der Waals surface area contributed by atoms with E-state index in [-0.39, 0.29) is 16.3 Å².